The van der Waals surface area contributed by atoms with Gasteiger partial charge in [0.2, 0.25) is 5.91 Å². The lowest BCUT2D eigenvalue weighted by atomic mass is 10.1. The van der Waals surface area contributed by atoms with Crippen LogP contribution in [0.1, 0.15) is 35.2 Å². The number of carbonyl (C=O) groups excluding carboxylic acids is 1. The first kappa shape index (κ1) is 15.7. The van der Waals surface area contributed by atoms with Crippen molar-refractivity contribution in [3.8, 4) is 0 Å². The van der Waals surface area contributed by atoms with Gasteiger partial charge in [0.15, 0.2) is 0 Å². The molecule has 1 saturated heterocycles. The van der Waals surface area contributed by atoms with E-state index in [4.69, 9.17) is 5.11 Å². The predicted octanol–water partition coefficient (Wildman–Crippen LogP) is 1.81. The van der Waals surface area contributed by atoms with E-state index >= 15 is 0 Å². The number of nitrogens with zero attached hydrogens (tertiary/aromatic N) is 1. The predicted molar refractivity (Wildman–Crippen MR) is 79.8 cm³/mol. The van der Waals surface area contributed by atoms with E-state index in [1.807, 2.05) is 0 Å². The van der Waals surface area contributed by atoms with E-state index in [-0.39, 0.29) is 17.2 Å². The standard InChI is InChI=1S/C15H19NO4S/c1-11-5-6-12(9-13(11)15(18)19)21(20)10-14(17)16-7-3-2-4-8-16/h5-6,9H,2-4,7-8,10H2,1H3,(H,18,19). The van der Waals surface area contributed by atoms with Gasteiger partial charge in [-0.25, -0.2) is 4.79 Å². The van der Waals surface area contributed by atoms with E-state index in [0.29, 0.717) is 10.5 Å². The fraction of sp³-hybridized carbons (Fsp3) is 0.467. The summed E-state index contributed by atoms with van der Waals surface area (Å²) in [5.74, 6) is -1.25. The molecule has 1 fully saturated rings. The highest BCUT2D eigenvalue weighted by molar-refractivity contribution is 7.85. The first-order valence-corrected chi connectivity index (χ1v) is 8.31. The fourth-order valence-electron chi connectivity index (χ4n) is 2.40. The summed E-state index contributed by atoms with van der Waals surface area (Å²) in [6, 6.07) is 4.65. The van der Waals surface area contributed by atoms with Gasteiger partial charge in [-0.05, 0) is 43.9 Å². The number of likely N-dealkylation sites (tertiary alicyclic amines) is 1. The van der Waals surface area contributed by atoms with Crippen LogP contribution in [0.3, 0.4) is 0 Å². The molecule has 1 aromatic carbocycles. The van der Waals surface area contributed by atoms with Crippen LogP contribution in [0, 0.1) is 6.92 Å². The summed E-state index contributed by atoms with van der Waals surface area (Å²) in [4.78, 5) is 25.3. The van der Waals surface area contributed by atoms with Gasteiger partial charge in [0.05, 0.1) is 16.4 Å². The monoisotopic (exact) mass is 309 g/mol. The number of hydrogen-bond donors (Lipinski definition) is 1. The van der Waals surface area contributed by atoms with Crippen LogP contribution in [-0.4, -0.2) is 44.9 Å². The maximum atomic E-state index is 12.3. The summed E-state index contributed by atoms with van der Waals surface area (Å²) in [6.45, 7) is 3.14. The molecule has 1 aromatic rings. The number of rotatable bonds is 4. The van der Waals surface area contributed by atoms with E-state index in [1.54, 1.807) is 24.0 Å². The maximum absolute atomic E-state index is 12.3. The third-order valence-electron chi connectivity index (χ3n) is 3.67. The lowest BCUT2D eigenvalue weighted by molar-refractivity contribution is -0.129. The van der Waals surface area contributed by atoms with Gasteiger partial charge in [-0.2, -0.15) is 0 Å². The third-order valence-corrected chi connectivity index (χ3v) is 4.95. The molecule has 1 unspecified atom stereocenters. The largest absolute Gasteiger partial charge is 0.478 e. The Hall–Kier alpha value is -1.69. The number of piperidine rings is 1. The Balaban J connectivity index is 2.07. The molecule has 6 heteroatoms. The molecule has 1 aliphatic heterocycles. The molecule has 0 aliphatic carbocycles. The van der Waals surface area contributed by atoms with Crippen LogP contribution >= 0.6 is 0 Å². The second-order valence-electron chi connectivity index (χ2n) is 5.21. The second kappa shape index (κ2) is 6.85. The molecule has 2 rings (SSSR count). The summed E-state index contributed by atoms with van der Waals surface area (Å²) in [5.41, 5.74) is 0.747. The normalized spacial score (nSPS) is 16.5. The van der Waals surface area contributed by atoms with Gasteiger partial charge in [-0.15, -0.1) is 0 Å². The molecule has 1 N–H and O–H groups in total. The van der Waals surface area contributed by atoms with Crippen molar-refractivity contribution in [3.05, 3.63) is 29.3 Å². The van der Waals surface area contributed by atoms with Crippen molar-refractivity contribution < 1.29 is 18.9 Å². The van der Waals surface area contributed by atoms with Crippen molar-refractivity contribution in [1.82, 2.24) is 4.90 Å². The van der Waals surface area contributed by atoms with Gasteiger partial charge in [0, 0.05) is 18.0 Å². The zero-order valence-corrected chi connectivity index (χ0v) is 12.8. The average molecular weight is 309 g/mol. The molecule has 5 nitrogen and oxygen atoms in total. The lowest BCUT2D eigenvalue weighted by Crippen LogP contribution is -2.38. The maximum Gasteiger partial charge on any atom is 0.335 e. The van der Waals surface area contributed by atoms with Crippen LogP contribution in [0.2, 0.25) is 0 Å². The first-order valence-electron chi connectivity index (χ1n) is 6.99. The average Bonchev–Trinajstić information content (AvgIpc) is 2.48. The van der Waals surface area contributed by atoms with Crippen molar-refractivity contribution in [2.45, 2.75) is 31.1 Å². The van der Waals surface area contributed by atoms with Crippen LogP contribution in [0.25, 0.3) is 0 Å². The Morgan fingerprint density at radius 1 is 1.24 bits per heavy atom. The van der Waals surface area contributed by atoms with Gasteiger partial charge in [0.25, 0.3) is 0 Å². The number of hydrogen-bond acceptors (Lipinski definition) is 3. The summed E-state index contributed by atoms with van der Waals surface area (Å²) < 4.78 is 12.3. The number of carboxylic acids is 1. The van der Waals surface area contributed by atoms with Crippen molar-refractivity contribution in [1.29, 1.82) is 0 Å². The molecule has 0 spiro atoms. The quantitative estimate of drug-likeness (QED) is 0.920. The Kier molecular flexibility index (Phi) is 5.12. The van der Waals surface area contributed by atoms with Gasteiger partial charge >= 0.3 is 5.97 Å². The van der Waals surface area contributed by atoms with Crippen molar-refractivity contribution in [2.24, 2.45) is 0 Å². The van der Waals surface area contributed by atoms with Crippen molar-refractivity contribution in [3.63, 3.8) is 0 Å². The molecule has 1 aliphatic rings. The van der Waals surface area contributed by atoms with Gasteiger partial charge in [-0.3, -0.25) is 9.00 Å². The first-order chi connectivity index (χ1) is 9.99. The Bertz CT molecular complexity index is 579. The summed E-state index contributed by atoms with van der Waals surface area (Å²) >= 11 is 0. The van der Waals surface area contributed by atoms with Crippen LogP contribution in [0.5, 0.6) is 0 Å². The minimum Gasteiger partial charge on any atom is -0.478 e. The van der Waals surface area contributed by atoms with Crippen molar-refractivity contribution >= 4 is 22.7 Å². The number of aryl methyl sites for hydroxylation is 1. The Morgan fingerprint density at radius 3 is 2.52 bits per heavy atom. The smallest absolute Gasteiger partial charge is 0.335 e. The molecule has 0 saturated carbocycles. The Morgan fingerprint density at radius 2 is 1.90 bits per heavy atom. The van der Waals surface area contributed by atoms with Crippen LogP contribution in [-0.2, 0) is 15.6 Å². The number of amides is 1. The molecule has 1 heterocycles. The summed E-state index contributed by atoms with van der Waals surface area (Å²) in [6.07, 6.45) is 3.12. The topological polar surface area (TPSA) is 74.7 Å². The molecule has 114 valence electrons. The van der Waals surface area contributed by atoms with Crippen LogP contribution < -0.4 is 0 Å². The molecule has 1 atom stereocenters. The zero-order valence-electron chi connectivity index (χ0n) is 12.0. The minimum absolute atomic E-state index is 0.0812. The van der Waals surface area contributed by atoms with Crippen molar-refractivity contribution in [2.75, 3.05) is 18.8 Å². The highest BCUT2D eigenvalue weighted by Crippen LogP contribution is 2.16. The molecule has 1 amide bonds. The molecule has 0 aromatic heterocycles. The van der Waals surface area contributed by atoms with Gasteiger partial charge < -0.3 is 10.0 Å². The van der Waals surface area contributed by atoms with Crippen LogP contribution in [0.4, 0.5) is 0 Å². The molecule has 0 bridgehead atoms. The van der Waals surface area contributed by atoms with Gasteiger partial charge in [0.1, 0.15) is 5.75 Å². The second-order valence-corrected chi connectivity index (χ2v) is 6.66. The number of aromatic carboxylic acids is 1. The Labute approximate surface area is 126 Å². The number of carboxylic acid groups (broad SMARTS) is 1. The minimum atomic E-state index is -1.50. The number of benzene rings is 1. The summed E-state index contributed by atoms with van der Waals surface area (Å²) in [5, 5.41) is 9.08. The fourth-order valence-corrected chi connectivity index (χ4v) is 3.45. The molecule has 0 radical (unpaired) electrons. The van der Waals surface area contributed by atoms with E-state index in [1.165, 1.54) is 6.07 Å². The third kappa shape index (κ3) is 3.91. The van der Waals surface area contributed by atoms with E-state index in [9.17, 15) is 13.8 Å². The van der Waals surface area contributed by atoms with Crippen LogP contribution in [0.15, 0.2) is 23.1 Å². The van der Waals surface area contributed by atoms with E-state index in [0.717, 1.165) is 32.4 Å². The van der Waals surface area contributed by atoms with E-state index in [2.05, 4.69) is 0 Å². The lowest BCUT2D eigenvalue weighted by Gasteiger charge is -2.26. The zero-order chi connectivity index (χ0) is 15.4. The molecular formula is C15H19NO4S. The van der Waals surface area contributed by atoms with Gasteiger partial charge in [-0.1, -0.05) is 6.07 Å². The highest BCUT2D eigenvalue weighted by Gasteiger charge is 2.20. The molecule has 21 heavy (non-hydrogen) atoms. The molecular weight excluding hydrogens is 290 g/mol. The SMILES string of the molecule is Cc1ccc(S(=O)CC(=O)N2CCCCC2)cc1C(=O)O. The number of carbonyl (C=O) groups is 2. The van der Waals surface area contributed by atoms with E-state index < -0.39 is 16.8 Å². The highest BCUT2D eigenvalue weighted by atomic mass is 32.2. The summed E-state index contributed by atoms with van der Waals surface area (Å²) in [7, 11) is -1.50.